The van der Waals surface area contributed by atoms with Crippen molar-refractivity contribution in [2.75, 3.05) is 32.7 Å². The van der Waals surface area contributed by atoms with Gasteiger partial charge in [0.2, 0.25) is 15.9 Å². The van der Waals surface area contributed by atoms with Crippen LogP contribution in [0.2, 0.25) is 5.02 Å². The monoisotopic (exact) mass is 491 g/mol. The van der Waals surface area contributed by atoms with Crippen LogP contribution in [0.25, 0.3) is 0 Å². The Morgan fingerprint density at radius 3 is 2.36 bits per heavy atom. The van der Waals surface area contributed by atoms with Crippen molar-refractivity contribution in [1.29, 1.82) is 0 Å². The molecule has 9 heteroatoms. The first-order valence-corrected chi connectivity index (χ1v) is 12.4. The lowest BCUT2D eigenvalue weighted by Crippen LogP contribution is -2.51. The number of nitrogens with zero attached hydrogens (tertiary/aromatic N) is 2. The van der Waals surface area contributed by atoms with Crippen LogP contribution in [0.15, 0.2) is 27.6 Å². The zero-order valence-corrected chi connectivity index (χ0v) is 19.0. The largest absolute Gasteiger partial charge is 0.352 e. The minimum absolute atomic E-state index is 0.0409. The molecule has 1 aromatic carbocycles. The number of halogens is 2. The molecule has 1 aromatic rings. The van der Waals surface area contributed by atoms with E-state index in [1.807, 2.05) is 4.90 Å². The van der Waals surface area contributed by atoms with Crippen LogP contribution >= 0.6 is 27.5 Å². The lowest BCUT2D eigenvalue weighted by atomic mass is 10.1. The van der Waals surface area contributed by atoms with Gasteiger partial charge in [-0.15, -0.1) is 0 Å². The number of carbonyl (C=O) groups excluding carboxylic acids is 1. The summed E-state index contributed by atoms with van der Waals surface area (Å²) in [6.07, 6.45) is 6.99. The predicted molar refractivity (Wildman–Crippen MR) is 114 cm³/mol. The summed E-state index contributed by atoms with van der Waals surface area (Å²) >= 11 is 9.43. The number of nitrogens with one attached hydrogen (secondary N) is 1. The second kappa shape index (κ2) is 9.89. The van der Waals surface area contributed by atoms with Crippen molar-refractivity contribution < 1.29 is 13.2 Å². The molecule has 1 saturated heterocycles. The lowest BCUT2D eigenvalue weighted by molar-refractivity contribution is -0.123. The summed E-state index contributed by atoms with van der Waals surface area (Å²) in [6.45, 7) is 2.09. The summed E-state index contributed by atoms with van der Waals surface area (Å²) in [7, 11) is -3.63. The summed E-state index contributed by atoms with van der Waals surface area (Å²) in [5.41, 5.74) is 0. The predicted octanol–water partition coefficient (Wildman–Crippen LogP) is 3.25. The molecule has 1 N–H and O–H groups in total. The molecule has 1 aliphatic heterocycles. The molecule has 156 valence electrons. The van der Waals surface area contributed by atoms with Crippen molar-refractivity contribution >= 4 is 43.5 Å². The number of amides is 1. The zero-order chi connectivity index (χ0) is 20.1. The lowest BCUT2D eigenvalue weighted by Gasteiger charge is -2.34. The highest BCUT2D eigenvalue weighted by atomic mass is 79.9. The molecule has 28 heavy (non-hydrogen) atoms. The van der Waals surface area contributed by atoms with E-state index in [0.29, 0.717) is 32.7 Å². The number of sulfonamides is 1. The van der Waals surface area contributed by atoms with Crippen LogP contribution in [0.4, 0.5) is 0 Å². The molecule has 1 heterocycles. The van der Waals surface area contributed by atoms with Crippen LogP contribution in [0.5, 0.6) is 0 Å². The van der Waals surface area contributed by atoms with Gasteiger partial charge in [-0.3, -0.25) is 9.69 Å². The standard InChI is InChI=1S/C19H27BrClN3O3S/c20-15-7-8-18(17(21)13-15)28(26,27)24-11-9-23(10-12-24)14-19(25)22-16-5-3-1-2-4-6-16/h7-8,13,16H,1-6,9-12,14H2,(H,22,25). The molecular weight excluding hydrogens is 466 g/mol. The molecule has 6 nitrogen and oxygen atoms in total. The Hall–Kier alpha value is -0.670. The maximum Gasteiger partial charge on any atom is 0.244 e. The second-order valence-corrected chi connectivity index (χ2v) is 10.7. The Morgan fingerprint density at radius 1 is 1.11 bits per heavy atom. The van der Waals surface area contributed by atoms with Crippen LogP contribution in [0.3, 0.4) is 0 Å². The van der Waals surface area contributed by atoms with Crippen molar-refractivity contribution in [2.24, 2.45) is 0 Å². The van der Waals surface area contributed by atoms with Gasteiger partial charge in [0.05, 0.1) is 11.6 Å². The molecule has 2 fully saturated rings. The van der Waals surface area contributed by atoms with Crippen molar-refractivity contribution in [1.82, 2.24) is 14.5 Å². The number of carbonyl (C=O) groups is 1. The fourth-order valence-corrected chi connectivity index (χ4v) is 6.29. The van der Waals surface area contributed by atoms with Gasteiger partial charge in [-0.2, -0.15) is 4.31 Å². The van der Waals surface area contributed by atoms with Gasteiger partial charge in [0.15, 0.2) is 0 Å². The van der Waals surface area contributed by atoms with Gasteiger partial charge in [-0.05, 0) is 31.0 Å². The number of benzene rings is 1. The first-order chi connectivity index (χ1) is 13.4. The maximum absolute atomic E-state index is 12.9. The molecule has 1 saturated carbocycles. The number of hydrogen-bond acceptors (Lipinski definition) is 4. The first kappa shape index (κ1) is 22.0. The van der Waals surface area contributed by atoms with Crippen LogP contribution in [-0.2, 0) is 14.8 Å². The summed E-state index contributed by atoms with van der Waals surface area (Å²) < 4.78 is 27.9. The fourth-order valence-electron chi connectivity index (χ4n) is 3.85. The number of hydrogen-bond donors (Lipinski definition) is 1. The highest BCUT2D eigenvalue weighted by Gasteiger charge is 2.30. The Balaban J connectivity index is 1.51. The van der Waals surface area contributed by atoms with Gasteiger partial charge < -0.3 is 5.32 Å². The molecule has 0 atom stereocenters. The maximum atomic E-state index is 12.9. The Labute approximate surface area is 180 Å². The second-order valence-electron chi connectivity index (χ2n) is 7.51. The molecule has 0 unspecified atom stereocenters. The number of rotatable bonds is 5. The molecule has 3 rings (SSSR count). The van der Waals surface area contributed by atoms with Crippen molar-refractivity contribution in [3.05, 3.63) is 27.7 Å². The van der Waals surface area contributed by atoms with E-state index < -0.39 is 10.0 Å². The van der Waals surface area contributed by atoms with Gasteiger partial charge in [-0.1, -0.05) is 53.2 Å². The van der Waals surface area contributed by atoms with Gasteiger partial charge >= 0.3 is 0 Å². The minimum atomic E-state index is -3.63. The van der Waals surface area contributed by atoms with E-state index in [1.54, 1.807) is 12.1 Å². The van der Waals surface area contributed by atoms with Gasteiger partial charge in [0, 0.05) is 36.7 Å². The summed E-state index contributed by atoms with van der Waals surface area (Å²) in [5, 5.41) is 3.36. The van der Waals surface area contributed by atoms with Gasteiger partial charge in [0.25, 0.3) is 0 Å². The average molecular weight is 493 g/mol. The van der Waals surface area contributed by atoms with Gasteiger partial charge in [0.1, 0.15) is 4.90 Å². The fraction of sp³-hybridized carbons (Fsp3) is 0.632. The van der Waals surface area contributed by atoms with Gasteiger partial charge in [-0.25, -0.2) is 8.42 Å². The topological polar surface area (TPSA) is 69.7 Å². The molecular formula is C19H27BrClN3O3S. The molecule has 1 amide bonds. The Bertz CT molecular complexity index is 790. The van der Waals surface area contributed by atoms with E-state index in [2.05, 4.69) is 21.2 Å². The highest BCUT2D eigenvalue weighted by Crippen LogP contribution is 2.28. The first-order valence-electron chi connectivity index (χ1n) is 9.83. The minimum Gasteiger partial charge on any atom is -0.352 e. The van der Waals surface area contributed by atoms with E-state index >= 15 is 0 Å². The normalized spacial score (nSPS) is 20.6. The third kappa shape index (κ3) is 5.69. The number of piperazine rings is 1. The van der Waals surface area contributed by atoms with Crippen molar-refractivity contribution in [3.63, 3.8) is 0 Å². The summed E-state index contributed by atoms with van der Waals surface area (Å²) in [4.78, 5) is 14.5. The Kier molecular flexibility index (Phi) is 7.78. The highest BCUT2D eigenvalue weighted by molar-refractivity contribution is 9.10. The molecule has 1 aliphatic carbocycles. The van der Waals surface area contributed by atoms with Crippen LogP contribution < -0.4 is 5.32 Å². The molecule has 0 bridgehead atoms. The third-order valence-electron chi connectivity index (χ3n) is 5.43. The van der Waals surface area contributed by atoms with E-state index in [4.69, 9.17) is 11.6 Å². The smallest absolute Gasteiger partial charge is 0.244 e. The average Bonchev–Trinajstić information content (AvgIpc) is 2.90. The van der Waals surface area contributed by atoms with Crippen LogP contribution in [-0.4, -0.2) is 62.3 Å². The Morgan fingerprint density at radius 2 is 1.75 bits per heavy atom. The van der Waals surface area contributed by atoms with Crippen LogP contribution in [0, 0.1) is 0 Å². The quantitative estimate of drug-likeness (QED) is 0.641. The third-order valence-corrected chi connectivity index (χ3v) is 8.31. The zero-order valence-electron chi connectivity index (χ0n) is 15.9. The van der Waals surface area contributed by atoms with E-state index in [1.165, 1.54) is 36.1 Å². The van der Waals surface area contributed by atoms with E-state index in [-0.39, 0.29) is 21.9 Å². The SMILES string of the molecule is O=C(CN1CCN(S(=O)(=O)c2ccc(Br)cc2Cl)CC1)NC1CCCCCC1. The molecule has 0 radical (unpaired) electrons. The van der Waals surface area contributed by atoms with E-state index in [9.17, 15) is 13.2 Å². The van der Waals surface area contributed by atoms with Crippen LogP contribution in [0.1, 0.15) is 38.5 Å². The molecule has 0 aromatic heterocycles. The molecule has 0 spiro atoms. The van der Waals surface area contributed by atoms with Crippen molar-refractivity contribution in [3.8, 4) is 0 Å². The summed E-state index contributed by atoms with van der Waals surface area (Å²) in [5.74, 6) is 0.0409. The summed E-state index contributed by atoms with van der Waals surface area (Å²) in [6, 6.07) is 5.07. The molecule has 2 aliphatic rings. The van der Waals surface area contributed by atoms with Crippen molar-refractivity contribution in [2.45, 2.75) is 49.5 Å². The van der Waals surface area contributed by atoms with E-state index in [0.717, 1.165) is 17.3 Å².